The summed E-state index contributed by atoms with van der Waals surface area (Å²) in [6.07, 6.45) is -0.399. The third kappa shape index (κ3) is 4.33. The van der Waals surface area contributed by atoms with E-state index in [4.69, 9.17) is 4.74 Å². The van der Waals surface area contributed by atoms with Crippen molar-refractivity contribution in [2.24, 2.45) is 0 Å². The van der Waals surface area contributed by atoms with Gasteiger partial charge in [-0.1, -0.05) is 0 Å². The van der Waals surface area contributed by atoms with E-state index in [-0.39, 0.29) is 23.1 Å². The molecule has 1 aliphatic rings. The minimum Gasteiger partial charge on any atom is -0.444 e. The molecule has 1 aromatic rings. The molecule has 1 aliphatic heterocycles. The fourth-order valence-electron chi connectivity index (χ4n) is 2.93. The largest absolute Gasteiger partial charge is 0.444 e. The second-order valence-corrected chi connectivity index (χ2v) is 7.30. The molecule has 0 aliphatic carbocycles. The summed E-state index contributed by atoms with van der Waals surface area (Å²) in [5.41, 5.74) is -0.373. The van der Waals surface area contributed by atoms with E-state index in [1.54, 1.807) is 37.6 Å². The van der Waals surface area contributed by atoms with Crippen LogP contribution in [0, 0.1) is 15.9 Å². The van der Waals surface area contributed by atoms with Gasteiger partial charge in [-0.25, -0.2) is 9.18 Å². The van der Waals surface area contributed by atoms with E-state index in [1.807, 2.05) is 6.92 Å². The zero-order valence-electron chi connectivity index (χ0n) is 15.7. The number of benzene rings is 1. The monoisotopic (exact) mass is 368 g/mol. The van der Waals surface area contributed by atoms with E-state index in [0.29, 0.717) is 19.6 Å². The fourth-order valence-corrected chi connectivity index (χ4v) is 2.93. The van der Waals surface area contributed by atoms with Crippen molar-refractivity contribution in [3.8, 4) is 0 Å². The maximum Gasteiger partial charge on any atom is 0.410 e. The lowest BCUT2D eigenvalue weighted by molar-refractivity contribution is -0.384. The van der Waals surface area contributed by atoms with Crippen LogP contribution >= 0.6 is 0 Å². The van der Waals surface area contributed by atoms with E-state index >= 15 is 0 Å². The number of nitrogens with one attached hydrogen (secondary N) is 1. The lowest BCUT2D eigenvalue weighted by Crippen LogP contribution is -2.54. The summed E-state index contributed by atoms with van der Waals surface area (Å²) >= 11 is 0. The number of rotatable bonds is 3. The van der Waals surface area contributed by atoms with E-state index < -0.39 is 22.4 Å². The lowest BCUT2D eigenvalue weighted by atomic mass is 10.1. The molecule has 0 unspecified atom stereocenters. The van der Waals surface area contributed by atoms with Gasteiger partial charge >= 0.3 is 6.09 Å². The summed E-state index contributed by atoms with van der Waals surface area (Å²) in [5, 5.41) is 13.8. The molecule has 144 valence electrons. The Morgan fingerprint density at radius 3 is 2.54 bits per heavy atom. The van der Waals surface area contributed by atoms with Gasteiger partial charge in [0.05, 0.1) is 16.7 Å². The average Bonchev–Trinajstić information content (AvgIpc) is 2.53. The molecule has 1 amide bonds. The number of nitro benzene ring substituents is 1. The summed E-state index contributed by atoms with van der Waals surface area (Å²) in [6, 6.07) is 2.19. The van der Waals surface area contributed by atoms with Crippen molar-refractivity contribution in [3.05, 3.63) is 28.1 Å². The van der Waals surface area contributed by atoms with Crippen LogP contribution < -0.4 is 10.2 Å². The number of nitro groups is 1. The van der Waals surface area contributed by atoms with Crippen molar-refractivity contribution in [1.82, 2.24) is 4.90 Å². The van der Waals surface area contributed by atoms with Crippen LogP contribution in [0.15, 0.2) is 12.1 Å². The van der Waals surface area contributed by atoms with Gasteiger partial charge in [-0.2, -0.15) is 0 Å². The van der Waals surface area contributed by atoms with Crippen LogP contribution in [0.4, 0.5) is 26.2 Å². The summed E-state index contributed by atoms with van der Waals surface area (Å²) in [4.78, 5) is 26.0. The zero-order chi connectivity index (χ0) is 19.6. The highest BCUT2D eigenvalue weighted by Gasteiger charge is 2.32. The molecule has 1 atom stereocenters. The predicted octanol–water partition coefficient (Wildman–Crippen LogP) is 3.22. The molecular formula is C17H25FN4O4. The van der Waals surface area contributed by atoms with Crippen molar-refractivity contribution in [3.63, 3.8) is 0 Å². The Balaban J connectivity index is 2.19. The van der Waals surface area contributed by atoms with E-state index in [1.165, 1.54) is 6.07 Å². The molecule has 26 heavy (non-hydrogen) atoms. The number of halogens is 1. The van der Waals surface area contributed by atoms with Crippen LogP contribution in [0.1, 0.15) is 27.7 Å². The van der Waals surface area contributed by atoms with Crippen molar-refractivity contribution >= 4 is 23.2 Å². The zero-order valence-corrected chi connectivity index (χ0v) is 15.7. The first-order valence-electron chi connectivity index (χ1n) is 8.43. The molecule has 0 saturated carbocycles. The summed E-state index contributed by atoms with van der Waals surface area (Å²) in [5.74, 6) is -0.659. The predicted molar refractivity (Wildman–Crippen MR) is 97.2 cm³/mol. The summed E-state index contributed by atoms with van der Waals surface area (Å²) in [6.45, 7) is 8.43. The van der Waals surface area contributed by atoms with Gasteiger partial charge < -0.3 is 19.9 Å². The molecule has 0 radical (unpaired) electrons. The first kappa shape index (κ1) is 19.7. The topological polar surface area (TPSA) is 88.0 Å². The third-order valence-corrected chi connectivity index (χ3v) is 4.12. The van der Waals surface area contributed by atoms with Gasteiger partial charge in [-0.05, 0) is 33.8 Å². The molecule has 0 bridgehead atoms. The molecule has 9 heteroatoms. The van der Waals surface area contributed by atoms with Gasteiger partial charge in [-0.3, -0.25) is 10.1 Å². The first-order chi connectivity index (χ1) is 12.0. The minimum absolute atomic E-state index is 0.170. The molecule has 0 spiro atoms. The minimum atomic E-state index is -0.659. The lowest BCUT2D eigenvalue weighted by Gasteiger charge is -2.41. The van der Waals surface area contributed by atoms with E-state index in [0.717, 1.165) is 6.07 Å². The molecule has 1 N–H and O–H groups in total. The Morgan fingerprint density at radius 1 is 1.38 bits per heavy atom. The number of carbonyl (C=O) groups is 1. The molecule has 1 aromatic carbocycles. The number of piperazine rings is 1. The van der Waals surface area contributed by atoms with Gasteiger partial charge in [0.1, 0.15) is 11.3 Å². The van der Waals surface area contributed by atoms with Crippen molar-refractivity contribution in [2.75, 3.05) is 36.9 Å². The van der Waals surface area contributed by atoms with Crippen LogP contribution in [-0.2, 0) is 4.74 Å². The standard InChI is InChI=1S/C17H25FN4O4/c1-11-10-20(16(23)26-17(2,3)4)6-7-21(11)14-9-13(19-5)15(22(24)25)8-12(14)18/h8-9,11,19H,6-7,10H2,1-5H3/t11-/m1/s1. The highest BCUT2D eigenvalue weighted by molar-refractivity contribution is 5.71. The smallest absolute Gasteiger partial charge is 0.410 e. The molecule has 1 fully saturated rings. The van der Waals surface area contributed by atoms with E-state index in [9.17, 15) is 19.3 Å². The van der Waals surface area contributed by atoms with Crippen LogP contribution in [0.2, 0.25) is 0 Å². The van der Waals surface area contributed by atoms with Crippen LogP contribution in [0.3, 0.4) is 0 Å². The Hall–Kier alpha value is -2.58. The van der Waals surface area contributed by atoms with Gasteiger partial charge in [0, 0.05) is 32.7 Å². The number of amides is 1. The first-order valence-corrected chi connectivity index (χ1v) is 8.43. The number of ether oxygens (including phenoxy) is 1. The number of carbonyl (C=O) groups excluding carboxylic acids is 1. The van der Waals surface area contributed by atoms with Gasteiger partial charge in [-0.15, -0.1) is 0 Å². The molecule has 8 nitrogen and oxygen atoms in total. The number of nitrogens with zero attached hydrogens (tertiary/aromatic N) is 3. The molecule has 1 saturated heterocycles. The van der Waals surface area contributed by atoms with Gasteiger partial charge in [0.25, 0.3) is 5.69 Å². The highest BCUT2D eigenvalue weighted by Crippen LogP contribution is 2.34. The van der Waals surface area contributed by atoms with Crippen molar-refractivity contribution in [2.45, 2.75) is 39.3 Å². The number of hydrogen-bond acceptors (Lipinski definition) is 6. The van der Waals surface area contributed by atoms with E-state index in [2.05, 4.69) is 5.32 Å². The summed E-state index contributed by atoms with van der Waals surface area (Å²) in [7, 11) is 1.55. The molecule has 1 heterocycles. The van der Waals surface area contributed by atoms with Gasteiger partial charge in [0.15, 0.2) is 5.82 Å². The molecule has 2 rings (SSSR count). The summed E-state index contributed by atoms with van der Waals surface area (Å²) < 4.78 is 19.9. The Labute approximate surface area is 152 Å². The Morgan fingerprint density at radius 2 is 2.04 bits per heavy atom. The average molecular weight is 368 g/mol. The number of anilines is 2. The number of hydrogen-bond donors (Lipinski definition) is 1. The maximum absolute atomic E-state index is 14.5. The Kier molecular flexibility index (Phi) is 5.58. The van der Waals surface area contributed by atoms with Gasteiger partial charge in [0.2, 0.25) is 0 Å². The van der Waals surface area contributed by atoms with Crippen molar-refractivity contribution in [1.29, 1.82) is 0 Å². The highest BCUT2D eigenvalue weighted by atomic mass is 19.1. The van der Waals surface area contributed by atoms with Crippen molar-refractivity contribution < 1.29 is 18.8 Å². The normalized spacial score (nSPS) is 17.8. The maximum atomic E-state index is 14.5. The third-order valence-electron chi connectivity index (χ3n) is 4.12. The SMILES string of the molecule is CNc1cc(N2CCN(C(=O)OC(C)(C)C)C[C@H]2C)c(F)cc1[N+](=O)[O-]. The second-order valence-electron chi connectivity index (χ2n) is 7.30. The van der Waals surface area contributed by atoms with Crippen LogP contribution in [-0.4, -0.2) is 54.2 Å². The quantitative estimate of drug-likeness (QED) is 0.651. The fraction of sp³-hybridized carbons (Fsp3) is 0.588. The van der Waals surface area contributed by atoms with Crippen LogP contribution in [0.5, 0.6) is 0 Å². The molecule has 0 aromatic heterocycles. The Bertz CT molecular complexity index is 705. The second kappa shape index (κ2) is 7.35. The van der Waals surface area contributed by atoms with Crippen LogP contribution in [0.25, 0.3) is 0 Å². The molecular weight excluding hydrogens is 343 g/mol.